The van der Waals surface area contributed by atoms with Gasteiger partial charge in [-0.05, 0) is 31.1 Å². The van der Waals surface area contributed by atoms with Crippen molar-refractivity contribution < 1.29 is 14.3 Å². The van der Waals surface area contributed by atoms with Crippen LogP contribution in [0, 0.1) is 23.2 Å². The van der Waals surface area contributed by atoms with Crippen molar-refractivity contribution in [2.45, 2.75) is 45.6 Å². The predicted octanol–water partition coefficient (Wildman–Crippen LogP) is 2.50. The Morgan fingerprint density at radius 1 is 1.39 bits per heavy atom. The van der Waals surface area contributed by atoms with E-state index in [0.717, 1.165) is 19.3 Å². The lowest BCUT2D eigenvalue weighted by Gasteiger charge is -2.32. The van der Waals surface area contributed by atoms with Crippen molar-refractivity contribution in [1.29, 1.82) is 0 Å². The average molecular weight is 248 g/mol. The number of carbonyl (C=O) groups is 2. The van der Waals surface area contributed by atoms with Gasteiger partial charge in [-0.2, -0.15) is 0 Å². The van der Waals surface area contributed by atoms with E-state index in [2.05, 4.69) is 20.4 Å². The quantitative estimate of drug-likeness (QED) is 0.488. The Bertz CT molecular complexity index is 439. The number of hydrogen-bond acceptors (Lipinski definition) is 3. The van der Waals surface area contributed by atoms with E-state index in [-0.39, 0.29) is 23.4 Å². The van der Waals surface area contributed by atoms with E-state index >= 15 is 0 Å². The van der Waals surface area contributed by atoms with Gasteiger partial charge in [-0.3, -0.25) is 4.79 Å². The summed E-state index contributed by atoms with van der Waals surface area (Å²) in [4.78, 5) is 23.9. The smallest absolute Gasteiger partial charge is 0.334 e. The van der Waals surface area contributed by atoms with Crippen LogP contribution in [-0.2, 0) is 14.3 Å². The highest BCUT2D eigenvalue weighted by Crippen LogP contribution is 2.55. The van der Waals surface area contributed by atoms with Gasteiger partial charge < -0.3 is 4.74 Å². The van der Waals surface area contributed by atoms with E-state index in [4.69, 9.17) is 4.74 Å². The molecule has 0 radical (unpaired) electrons. The van der Waals surface area contributed by atoms with Crippen molar-refractivity contribution in [3.8, 4) is 0 Å². The highest BCUT2D eigenvalue weighted by atomic mass is 16.6. The number of ketones is 1. The molecule has 0 unspecified atom stereocenters. The topological polar surface area (TPSA) is 43.4 Å². The van der Waals surface area contributed by atoms with Crippen molar-refractivity contribution in [2.75, 3.05) is 0 Å². The summed E-state index contributed by atoms with van der Waals surface area (Å²) in [5.74, 6) is 1.05. The first-order chi connectivity index (χ1) is 8.43. The summed E-state index contributed by atoms with van der Waals surface area (Å²) in [7, 11) is 0. The second kappa shape index (κ2) is 3.69. The van der Waals surface area contributed by atoms with Crippen molar-refractivity contribution >= 4 is 11.8 Å². The minimum absolute atomic E-state index is 0.0461. The van der Waals surface area contributed by atoms with Gasteiger partial charge >= 0.3 is 5.97 Å². The summed E-state index contributed by atoms with van der Waals surface area (Å²) in [5.41, 5.74) is 0.309. The molecule has 3 nitrogen and oxygen atoms in total. The van der Waals surface area contributed by atoms with Crippen LogP contribution in [0.4, 0.5) is 0 Å². The Kier molecular flexibility index (Phi) is 2.45. The van der Waals surface area contributed by atoms with E-state index in [1.807, 2.05) is 0 Å². The van der Waals surface area contributed by atoms with Gasteiger partial charge in [-0.15, -0.1) is 0 Å². The molecule has 1 heterocycles. The third-order valence-electron chi connectivity index (χ3n) is 5.49. The molecule has 98 valence electrons. The molecule has 3 rings (SSSR count). The van der Waals surface area contributed by atoms with Crippen LogP contribution in [-0.4, -0.2) is 17.9 Å². The summed E-state index contributed by atoms with van der Waals surface area (Å²) >= 11 is 0. The lowest BCUT2D eigenvalue weighted by molar-refractivity contribution is -0.139. The molecule has 0 aromatic rings. The minimum atomic E-state index is -0.268. The molecule has 2 saturated carbocycles. The summed E-state index contributed by atoms with van der Waals surface area (Å²) in [6.07, 6.45) is 3.27. The zero-order valence-corrected chi connectivity index (χ0v) is 11.1. The summed E-state index contributed by atoms with van der Waals surface area (Å²) in [6, 6.07) is 0. The fourth-order valence-corrected chi connectivity index (χ4v) is 4.40. The lowest BCUT2D eigenvalue weighted by atomic mass is 9.70. The standard InChI is InChI=1S/C15H20O3/c1-8-6-12-10(9(2)14(17)18-12)7-15(3)11(8)4-5-13(15)16/h8,10-12H,2,4-7H2,1,3H3/t8-,10-,11+,12+,15+/m1/s1. The van der Waals surface area contributed by atoms with Gasteiger partial charge in [-0.1, -0.05) is 20.4 Å². The molecular formula is C15H20O3. The van der Waals surface area contributed by atoms with E-state index in [9.17, 15) is 9.59 Å². The van der Waals surface area contributed by atoms with E-state index in [1.165, 1.54) is 0 Å². The largest absolute Gasteiger partial charge is 0.458 e. The SMILES string of the molecule is C=C1C(=O)O[C@H]2C[C@@H](C)[C@@H]3CCC(=O)[C@@]3(C)C[C@H]12. The van der Waals surface area contributed by atoms with Gasteiger partial charge in [0.1, 0.15) is 11.9 Å². The number of carbonyl (C=O) groups excluding carboxylic acids is 2. The number of ether oxygens (including phenoxy) is 1. The fourth-order valence-electron chi connectivity index (χ4n) is 4.40. The molecule has 3 heteroatoms. The number of esters is 1. The summed E-state index contributed by atoms with van der Waals surface area (Å²) < 4.78 is 5.42. The van der Waals surface area contributed by atoms with E-state index in [0.29, 0.717) is 29.6 Å². The Labute approximate surface area is 108 Å². The predicted molar refractivity (Wildman–Crippen MR) is 66.7 cm³/mol. The molecular weight excluding hydrogens is 228 g/mol. The molecule has 1 saturated heterocycles. The van der Waals surface area contributed by atoms with Gasteiger partial charge in [-0.25, -0.2) is 4.79 Å². The van der Waals surface area contributed by atoms with Crippen LogP contribution in [0.5, 0.6) is 0 Å². The molecule has 18 heavy (non-hydrogen) atoms. The van der Waals surface area contributed by atoms with Crippen LogP contribution in [0.1, 0.15) is 39.5 Å². The van der Waals surface area contributed by atoms with Crippen LogP contribution in [0.25, 0.3) is 0 Å². The van der Waals surface area contributed by atoms with Gasteiger partial charge in [0.2, 0.25) is 0 Å². The normalized spacial score (nSPS) is 47.6. The first-order valence-corrected chi connectivity index (χ1v) is 6.86. The van der Waals surface area contributed by atoms with Crippen LogP contribution in [0.3, 0.4) is 0 Å². The maximum absolute atomic E-state index is 12.2. The molecule has 3 aliphatic rings. The maximum atomic E-state index is 12.2. The number of hydrogen-bond donors (Lipinski definition) is 0. The van der Waals surface area contributed by atoms with Gasteiger partial charge in [0.25, 0.3) is 0 Å². The minimum Gasteiger partial charge on any atom is -0.458 e. The lowest BCUT2D eigenvalue weighted by Crippen LogP contribution is -2.32. The van der Waals surface area contributed by atoms with E-state index < -0.39 is 0 Å². The maximum Gasteiger partial charge on any atom is 0.334 e. The number of Topliss-reactive ketones (excluding diaryl/α,β-unsaturated/α-hetero) is 1. The monoisotopic (exact) mass is 248 g/mol. The van der Waals surface area contributed by atoms with Crippen molar-refractivity contribution in [3.05, 3.63) is 12.2 Å². The molecule has 0 aromatic carbocycles. The van der Waals surface area contributed by atoms with Crippen LogP contribution in [0.2, 0.25) is 0 Å². The first-order valence-electron chi connectivity index (χ1n) is 6.86. The Morgan fingerprint density at radius 3 is 2.83 bits per heavy atom. The molecule has 1 aliphatic heterocycles. The number of fused-ring (bicyclic) bond motifs is 2. The molecule has 0 bridgehead atoms. The zero-order valence-electron chi connectivity index (χ0n) is 11.1. The first kappa shape index (κ1) is 11.9. The van der Waals surface area contributed by atoms with Gasteiger partial charge in [0.05, 0.1) is 0 Å². The summed E-state index contributed by atoms with van der Waals surface area (Å²) in [5, 5.41) is 0. The molecule has 5 atom stereocenters. The van der Waals surface area contributed by atoms with Crippen LogP contribution < -0.4 is 0 Å². The Hall–Kier alpha value is -1.12. The van der Waals surface area contributed by atoms with Crippen molar-refractivity contribution in [3.63, 3.8) is 0 Å². The Balaban J connectivity index is 1.98. The fraction of sp³-hybridized carbons (Fsp3) is 0.733. The third kappa shape index (κ3) is 1.42. The second-order valence-corrected chi connectivity index (χ2v) is 6.48. The van der Waals surface area contributed by atoms with Gasteiger partial charge in [0.15, 0.2) is 0 Å². The zero-order chi connectivity index (χ0) is 13.1. The highest BCUT2D eigenvalue weighted by Gasteiger charge is 2.55. The van der Waals surface area contributed by atoms with Gasteiger partial charge in [0, 0.05) is 23.3 Å². The Morgan fingerprint density at radius 2 is 2.11 bits per heavy atom. The molecule has 0 N–H and O–H groups in total. The molecule has 0 spiro atoms. The highest BCUT2D eigenvalue weighted by molar-refractivity contribution is 5.92. The third-order valence-corrected chi connectivity index (χ3v) is 5.49. The van der Waals surface area contributed by atoms with Crippen molar-refractivity contribution in [2.24, 2.45) is 23.2 Å². The molecule has 0 aromatic heterocycles. The molecule has 3 fully saturated rings. The van der Waals surface area contributed by atoms with E-state index in [1.54, 1.807) is 0 Å². The van der Waals surface area contributed by atoms with Crippen LogP contribution >= 0.6 is 0 Å². The van der Waals surface area contributed by atoms with Crippen LogP contribution in [0.15, 0.2) is 12.2 Å². The van der Waals surface area contributed by atoms with Crippen molar-refractivity contribution in [1.82, 2.24) is 0 Å². The molecule has 0 amide bonds. The second-order valence-electron chi connectivity index (χ2n) is 6.48. The summed E-state index contributed by atoms with van der Waals surface area (Å²) in [6.45, 7) is 8.15. The molecule has 2 aliphatic carbocycles. The number of rotatable bonds is 0. The average Bonchev–Trinajstić information content (AvgIpc) is 2.69.